The zero-order chi connectivity index (χ0) is 9.68. The SMILES string of the molecule is N#C/C(CCl)=C(/N)c1ccccc1. The molecule has 0 fully saturated rings. The summed E-state index contributed by atoms with van der Waals surface area (Å²) in [5.74, 6) is 0.150. The lowest BCUT2D eigenvalue weighted by Crippen LogP contribution is -2.01. The third-order valence-electron chi connectivity index (χ3n) is 1.68. The van der Waals surface area contributed by atoms with E-state index in [9.17, 15) is 0 Å². The van der Waals surface area contributed by atoms with Gasteiger partial charge < -0.3 is 5.73 Å². The minimum Gasteiger partial charge on any atom is -0.397 e. The van der Waals surface area contributed by atoms with E-state index in [0.717, 1.165) is 5.56 Å². The normalized spacial score (nSPS) is 11.7. The average Bonchev–Trinajstić information content (AvgIpc) is 2.21. The standard InChI is InChI=1S/C10H9ClN2/c11-6-9(7-12)10(13)8-4-2-1-3-5-8/h1-5H,6,13H2/b10-9+. The quantitative estimate of drug-likeness (QED) is 0.577. The summed E-state index contributed by atoms with van der Waals surface area (Å²) >= 11 is 5.55. The van der Waals surface area contributed by atoms with Gasteiger partial charge in [0.2, 0.25) is 0 Å². The van der Waals surface area contributed by atoms with Crippen LogP contribution < -0.4 is 5.73 Å². The van der Waals surface area contributed by atoms with Crippen molar-refractivity contribution in [3.8, 4) is 6.07 Å². The van der Waals surface area contributed by atoms with Crippen molar-refractivity contribution < 1.29 is 0 Å². The Kier molecular flexibility index (Phi) is 3.36. The molecule has 0 saturated heterocycles. The Labute approximate surface area is 82.2 Å². The Balaban J connectivity index is 3.11. The van der Waals surface area contributed by atoms with Crippen molar-refractivity contribution in [3.63, 3.8) is 0 Å². The van der Waals surface area contributed by atoms with Gasteiger partial charge in [-0.1, -0.05) is 30.3 Å². The number of nitrogens with two attached hydrogens (primary N) is 1. The molecule has 1 aromatic carbocycles. The lowest BCUT2D eigenvalue weighted by atomic mass is 10.1. The highest BCUT2D eigenvalue weighted by Crippen LogP contribution is 2.13. The highest BCUT2D eigenvalue weighted by Gasteiger charge is 2.02. The molecule has 0 atom stereocenters. The van der Waals surface area contributed by atoms with Crippen molar-refractivity contribution in [2.45, 2.75) is 0 Å². The molecule has 66 valence electrons. The molecule has 0 aliphatic carbocycles. The number of allylic oxidation sites excluding steroid dienone is 1. The van der Waals surface area contributed by atoms with Gasteiger partial charge in [-0.25, -0.2) is 0 Å². The van der Waals surface area contributed by atoms with E-state index in [0.29, 0.717) is 11.3 Å². The molecule has 13 heavy (non-hydrogen) atoms. The van der Waals surface area contributed by atoms with Crippen LogP contribution in [0.2, 0.25) is 0 Å². The first-order valence-electron chi connectivity index (χ1n) is 3.79. The first kappa shape index (κ1) is 9.63. The fourth-order valence-corrected chi connectivity index (χ4v) is 1.16. The van der Waals surface area contributed by atoms with E-state index < -0.39 is 0 Å². The maximum Gasteiger partial charge on any atom is 0.0981 e. The van der Waals surface area contributed by atoms with Crippen molar-refractivity contribution in [3.05, 3.63) is 41.5 Å². The molecule has 2 N–H and O–H groups in total. The number of rotatable bonds is 2. The molecule has 0 aliphatic rings. The summed E-state index contributed by atoms with van der Waals surface area (Å²) in [4.78, 5) is 0. The van der Waals surface area contributed by atoms with Gasteiger partial charge in [0.15, 0.2) is 0 Å². The molecule has 1 rings (SSSR count). The van der Waals surface area contributed by atoms with Crippen LogP contribution in [-0.4, -0.2) is 5.88 Å². The van der Waals surface area contributed by atoms with E-state index in [4.69, 9.17) is 22.6 Å². The molecule has 0 heterocycles. The Bertz CT molecular complexity index is 349. The Morgan fingerprint density at radius 3 is 2.46 bits per heavy atom. The predicted octanol–water partition coefficient (Wildman–Crippen LogP) is 2.12. The topological polar surface area (TPSA) is 49.8 Å². The van der Waals surface area contributed by atoms with E-state index in [1.165, 1.54) is 0 Å². The van der Waals surface area contributed by atoms with Crippen LogP contribution in [0, 0.1) is 11.3 Å². The maximum absolute atomic E-state index is 8.69. The van der Waals surface area contributed by atoms with Crippen molar-refractivity contribution >= 4 is 17.3 Å². The predicted molar refractivity (Wildman–Crippen MR) is 53.9 cm³/mol. The van der Waals surface area contributed by atoms with Crippen LogP contribution in [0.15, 0.2) is 35.9 Å². The van der Waals surface area contributed by atoms with Gasteiger partial charge in [0.1, 0.15) is 0 Å². The minimum absolute atomic E-state index is 0.150. The van der Waals surface area contributed by atoms with E-state index in [1.54, 1.807) is 0 Å². The van der Waals surface area contributed by atoms with Gasteiger partial charge in [-0.05, 0) is 5.56 Å². The Morgan fingerprint density at radius 2 is 2.00 bits per heavy atom. The molecule has 0 spiro atoms. The number of benzene rings is 1. The van der Waals surface area contributed by atoms with Gasteiger partial charge in [0, 0.05) is 0 Å². The second-order valence-corrected chi connectivity index (χ2v) is 2.77. The summed E-state index contributed by atoms with van der Waals surface area (Å²) in [7, 11) is 0. The van der Waals surface area contributed by atoms with Crippen LogP contribution in [0.5, 0.6) is 0 Å². The number of hydrogen-bond acceptors (Lipinski definition) is 2. The number of halogens is 1. The number of nitriles is 1. The number of hydrogen-bond donors (Lipinski definition) is 1. The van der Waals surface area contributed by atoms with Crippen LogP contribution in [-0.2, 0) is 0 Å². The first-order valence-corrected chi connectivity index (χ1v) is 4.33. The van der Waals surface area contributed by atoms with Gasteiger partial charge in [-0.3, -0.25) is 0 Å². The van der Waals surface area contributed by atoms with Crippen LogP contribution >= 0.6 is 11.6 Å². The monoisotopic (exact) mass is 192 g/mol. The maximum atomic E-state index is 8.69. The summed E-state index contributed by atoms with van der Waals surface area (Å²) in [6.07, 6.45) is 0. The second kappa shape index (κ2) is 4.54. The molecule has 0 bridgehead atoms. The molecule has 0 saturated carbocycles. The molecule has 2 nitrogen and oxygen atoms in total. The molecule has 0 aliphatic heterocycles. The zero-order valence-electron chi connectivity index (χ0n) is 7.00. The van der Waals surface area contributed by atoms with Gasteiger partial charge in [-0.15, -0.1) is 11.6 Å². The van der Waals surface area contributed by atoms with Crippen molar-refractivity contribution in [1.29, 1.82) is 5.26 Å². The third kappa shape index (κ3) is 2.24. The first-order chi connectivity index (χ1) is 6.29. The van der Waals surface area contributed by atoms with Gasteiger partial charge >= 0.3 is 0 Å². The Hall–Kier alpha value is -1.46. The third-order valence-corrected chi connectivity index (χ3v) is 1.95. The highest BCUT2D eigenvalue weighted by atomic mass is 35.5. The zero-order valence-corrected chi connectivity index (χ0v) is 7.75. The van der Waals surface area contributed by atoms with Crippen molar-refractivity contribution in [1.82, 2.24) is 0 Å². The molecule has 0 aromatic heterocycles. The van der Waals surface area contributed by atoms with E-state index >= 15 is 0 Å². The summed E-state index contributed by atoms with van der Waals surface area (Å²) in [6.45, 7) is 0. The van der Waals surface area contributed by atoms with Crippen LogP contribution in [0.4, 0.5) is 0 Å². The molecule has 0 amide bonds. The summed E-state index contributed by atoms with van der Waals surface area (Å²) < 4.78 is 0. The fraction of sp³-hybridized carbons (Fsp3) is 0.100. The van der Waals surface area contributed by atoms with Crippen LogP contribution in [0.25, 0.3) is 5.70 Å². The molecular weight excluding hydrogens is 184 g/mol. The minimum atomic E-state index is 0.150. The smallest absolute Gasteiger partial charge is 0.0981 e. The van der Waals surface area contributed by atoms with Gasteiger partial charge in [0.05, 0.1) is 23.2 Å². The molecule has 0 unspecified atom stereocenters. The van der Waals surface area contributed by atoms with E-state index in [-0.39, 0.29) is 5.88 Å². The fourth-order valence-electron chi connectivity index (χ4n) is 0.954. The van der Waals surface area contributed by atoms with Crippen LogP contribution in [0.3, 0.4) is 0 Å². The lowest BCUT2D eigenvalue weighted by molar-refractivity contribution is 1.40. The average molecular weight is 193 g/mol. The van der Waals surface area contributed by atoms with Crippen molar-refractivity contribution in [2.24, 2.45) is 5.73 Å². The molecular formula is C10H9ClN2. The summed E-state index contributed by atoms with van der Waals surface area (Å²) in [6, 6.07) is 11.3. The van der Waals surface area contributed by atoms with Gasteiger partial charge in [0.25, 0.3) is 0 Å². The molecule has 0 radical (unpaired) electrons. The largest absolute Gasteiger partial charge is 0.397 e. The lowest BCUT2D eigenvalue weighted by Gasteiger charge is -2.02. The second-order valence-electron chi connectivity index (χ2n) is 2.50. The molecule has 1 aromatic rings. The Morgan fingerprint density at radius 1 is 1.38 bits per heavy atom. The van der Waals surface area contributed by atoms with Crippen molar-refractivity contribution in [2.75, 3.05) is 5.88 Å². The van der Waals surface area contributed by atoms with Crippen LogP contribution in [0.1, 0.15) is 5.56 Å². The highest BCUT2D eigenvalue weighted by molar-refractivity contribution is 6.20. The van der Waals surface area contributed by atoms with E-state index in [2.05, 4.69) is 0 Å². The summed E-state index contributed by atoms with van der Waals surface area (Å²) in [5.41, 5.74) is 7.43. The van der Waals surface area contributed by atoms with E-state index in [1.807, 2.05) is 36.4 Å². The number of alkyl halides is 1. The van der Waals surface area contributed by atoms with Gasteiger partial charge in [-0.2, -0.15) is 5.26 Å². The number of nitrogens with zero attached hydrogens (tertiary/aromatic N) is 1. The summed E-state index contributed by atoms with van der Waals surface area (Å²) in [5, 5.41) is 8.69. The molecule has 3 heteroatoms.